The second-order valence-corrected chi connectivity index (χ2v) is 5.58. The van der Waals surface area contributed by atoms with Gasteiger partial charge in [0.1, 0.15) is 5.82 Å². The minimum Gasteiger partial charge on any atom is -0.340 e. The molecule has 0 aliphatic carbocycles. The predicted molar refractivity (Wildman–Crippen MR) is 79.9 cm³/mol. The van der Waals surface area contributed by atoms with Crippen LogP contribution in [0.15, 0.2) is 28.7 Å². The van der Waals surface area contributed by atoms with Crippen molar-refractivity contribution in [3.63, 3.8) is 0 Å². The quantitative estimate of drug-likeness (QED) is 0.825. The third kappa shape index (κ3) is 2.88. The lowest BCUT2D eigenvalue weighted by molar-refractivity contribution is 0.628. The summed E-state index contributed by atoms with van der Waals surface area (Å²) in [6.07, 6.45) is 0.880. The van der Waals surface area contributed by atoms with Gasteiger partial charge in [0.15, 0.2) is 0 Å². The van der Waals surface area contributed by atoms with E-state index in [1.165, 1.54) is 0 Å². The molecule has 1 aliphatic heterocycles. The number of fused-ring (bicyclic) bond motifs is 1. The zero-order valence-electron chi connectivity index (χ0n) is 10.1. The van der Waals surface area contributed by atoms with E-state index in [1.807, 2.05) is 24.3 Å². The Hall–Kier alpha value is -1.17. The molecule has 0 unspecified atom stereocenters. The van der Waals surface area contributed by atoms with Crippen molar-refractivity contribution < 1.29 is 0 Å². The maximum absolute atomic E-state index is 5.99. The minimum atomic E-state index is 0.290. The monoisotopic (exact) mass is 338 g/mol. The first-order valence-electron chi connectivity index (χ1n) is 6.01. The number of hydrogen-bond acceptors (Lipinski definition) is 4. The first kappa shape index (κ1) is 12.8. The van der Waals surface area contributed by atoms with Gasteiger partial charge in [-0.25, -0.2) is 9.97 Å². The van der Waals surface area contributed by atoms with Gasteiger partial charge < -0.3 is 10.6 Å². The Morgan fingerprint density at radius 2 is 2.21 bits per heavy atom. The highest BCUT2D eigenvalue weighted by Gasteiger charge is 2.17. The van der Waals surface area contributed by atoms with Gasteiger partial charge in [-0.05, 0) is 29.8 Å². The van der Waals surface area contributed by atoms with Crippen LogP contribution in [0.3, 0.4) is 0 Å². The van der Waals surface area contributed by atoms with Crippen LogP contribution in [0.25, 0.3) is 0 Å². The molecule has 2 aromatic rings. The summed E-state index contributed by atoms with van der Waals surface area (Å²) < 4.78 is 1.02. The van der Waals surface area contributed by atoms with E-state index in [1.54, 1.807) is 0 Å². The fourth-order valence-electron chi connectivity index (χ4n) is 2.12. The van der Waals surface area contributed by atoms with Gasteiger partial charge in [-0.2, -0.15) is 0 Å². The normalized spacial score (nSPS) is 14.0. The maximum Gasteiger partial charge on any atom is 0.224 e. The van der Waals surface area contributed by atoms with Gasteiger partial charge in [-0.15, -0.1) is 0 Å². The number of aromatic nitrogens is 2. The van der Waals surface area contributed by atoms with Gasteiger partial charge in [0, 0.05) is 35.2 Å². The third-order valence-electron chi connectivity index (χ3n) is 2.99. The van der Waals surface area contributed by atoms with E-state index in [9.17, 15) is 0 Å². The van der Waals surface area contributed by atoms with Crippen LogP contribution < -0.4 is 10.6 Å². The predicted octanol–water partition coefficient (Wildman–Crippen LogP) is 3.28. The number of nitrogens with zero attached hydrogens (tertiary/aromatic N) is 2. The van der Waals surface area contributed by atoms with Crippen LogP contribution in [0.5, 0.6) is 0 Å². The number of anilines is 2. The van der Waals surface area contributed by atoms with Crippen molar-refractivity contribution in [2.45, 2.75) is 13.0 Å². The highest BCUT2D eigenvalue weighted by atomic mass is 79.9. The Kier molecular flexibility index (Phi) is 3.68. The van der Waals surface area contributed by atoms with Gasteiger partial charge in [-0.3, -0.25) is 0 Å². The summed E-state index contributed by atoms with van der Waals surface area (Å²) in [6.45, 7) is 1.69. The molecular formula is C13H12BrClN4. The topological polar surface area (TPSA) is 49.8 Å². The largest absolute Gasteiger partial charge is 0.340 e. The highest BCUT2D eigenvalue weighted by molar-refractivity contribution is 9.10. The van der Waals surface area contributed by atoms with Crippen molar-refractivity contribution in [1.82, 2.24) is 15.3 Å². The van der Waals surface area contributed by atoms with Crippen molar-refractivity contribution in [3.8, 4) is 0 Å². The van der Waals surface area contributed by atoms with Crippen LogP contribution in [0.1, 0.15) is 11.3 Å². The minimum absolute atomic E-state index is 0.290. The van der Waals surface area contributed by atoms with E-state index in [0.29, 0.717) is 0 Å². The molecule has 1 aliphatic rings. The molecule has 0 bridgehead atoms. The molecule has 4 nitrogen and oxygen atoms in total. The summed E-state index contributed by atoms with van der Waals surface area (Å²) in [5.41, 5.74) is 3.09. The van der Waals surface area contributed by atoms with Crippen LogP contribution >= 0.6 is 27.5 Å². The number of benzene rings is 1. The van der Waals surface area contributed by atoms with Crippen LogP contribution in [0.4, 0.5) is 11.5 Å². The van der Waals surface area contributed by atoms with Crippen molar-refractivity contribution >= 4 is 39.0 Å². The number of halogens is 2. The average molecular weight is 340 g/mol. The molecule has 98 valence electrons. The van der Waals surface area contributed by atoms with Crippen molar-refractivity contribution in [1.29, 1.82) is 0 Å². The van der Waals surface area contributed by atoms with E-state index >= 15 is 0 Å². The molecule has 0 atom stereocenters. The molecule has 0 radical (unpaired) electrons. The molecule has 19 heavy (non-hydrogen) atoms. The van der Waals surface area contributed by atoms with Crippen molar-refractivity contribution in [2.24, 2.45) is 0 Å². The molecule has 2 heterocycles. The molecule has 3 rings (SSSR count). The molecule has 0 saturated heterocycles. The zero-order valence-corrected chi connectivity index (χ0v) is 12.4. The molecular weight excluding hydrogens is 328 g/mol. The molecule has 0 saturated carbocycles. The van der Waals surface area contributed by atoms with Crippen molar-refractivity contribution in [2.75, 3.05) is 11.9 Å². The molecule has 0 amide bonds. The lowest BCUT2D eigenvalue weighted by Gasteiger charge is -2.19. The Morgan fingerprint density at radius 3 is 3.05 bits per heavy atom. The molecule has 0 spiro atoms. The second kappa shape index (κ2) is 5.45. The number of nitrogens with one attached hydrogen (secondary N) is 2. The van der Waals surface area contributed by atoms with E-state index in [2.05, 4.69) is 36.5 Å². The highest BCUT2D eigenvalue weighted by Crippen LogP contribution is 2.26. The lowest BCUT2D eigenvalue weighted by Crippen LogP contribution is -2.26. The zero-order chi connectivity index (χ0) is 13.2. The summed E-state index contributed by atoms with van der Waals surface area (Å²) in [7, 11) is 0. The maximum atomic E-state index is 5.99. The summed E-state index contributed by atoms with van der Waals surface area (Å²) in [5, 5.41) is 6.92. The van der Waals surface area contributed by atoms with Crippen LogP contribution in [-0.4, -0.2) is 16.5 Å². The molecule has 2 N–H and O–H groups in total. The van der Waals surface area contributed by atoms with Crippen LogP contribution in [-0.2, 0) is 13.0 Å². The lowest BCUT2D eigenvalue weighted by atomic mass is 10.1. The van der Waals surface area contributed by atoms with E-state index in [4.69, 9.17) is 11.6 Å². The van der Waals surface area contributed by atoms with Crippen molar-refractivity contribution in [3.05, 3.63) is 45.3 Å². The Bertz CT molecular complexity index is 618. The Morgan fingerprint density at radius 1 is 1.32 bits per heavy atom. The van der Waals surface area contributed by atoms with E-state index in [0.717, 1.165) is 46.7 Å². The summed E-state index contributed by atoms with van der Waals surface area (Å²) in [5.74, 6) is 0.778. The Balaban J connectivity index is 1.98. The van der Waals surface area contributed by atoms with Crippen LogP contribution in [0, 0.1) is 0 Å². The van der Waals surface area contributed by atoms with Gasteiger partial charge in [-0.1, -0.05) is 22.0 Å². The van der Waals surface area contributed by atoms with E-state index in [-0.39, 0.29) is 5.28 Å². The van der Waals surface area contributed by atoms with Gasteiger partial charge in [0.05, 0.1) is 5.69 Å². The smallest absolute Gasteiger partial charge is 0.224 e. The standard InChI is InChI=1S/C13H12BrClN4/c14-8-2-1-3-9(6-8)17-12-10-7-16-5-4-11(10)18-13(15)19-12/h1-3,6,16H,4-5,7H2,(H,17,18,19). The van der Waals surface area contributed by atoms with Crippen LogP contribution in [0.2, 0.25) is 5.28 Å². The fraction of sp³-hybridized carbons (Fsp3) is 0.231. The third-order valence-corrected chi connectivity index (χ3v) is 3.66. The van der Waals surface area contributed by atoms with Gasteiger partial charge in [0.25, 0.3) is 0 Å². The van der Waals surface area contributed by atoms with E-state index < -0.39 is 0 Å². The first-order chi connectivity index (χ1) is 9.22. The molecule has 6 heteroatoms. The second-order valence-electron chi connectivity index (χ2n) is 4.33. The van der Waals surface area contributed by atoms with Gasteiger partial charge >= 0.3 is 0 Å². The first-order valence-corrected chi connectivity index (χ1v) is 7.18. The molecule has 0 fully saturated rings. The summed E-state index contributed by atoms with van der Waals surface area (Å²) in [6, 6.07) is 7.94. The average Bonchev–Trinajstić information content (AvgIpc) is 2.38. The fourth-order valence-corrected chi connectivity index (χ4v) is 2.71. The molecule has 1 aromatic heterocycles. The molecule has 1 aromatic carbocycles. The Labute approximate surface area is 124 Å². The number of rotatable bonds is 2. The summed E-state index contributed by atoms with van der Waals surface area (Å²) >= 11 is 9.44. The SMILES string of the molecule is Clc1nc2c(c(Nc3cccc(Br)c3)n1)CNCC2. The summed E-state index contributed by atoms with van der Waals surface area (Å²) in [4.78, 5) is 8.60. The van der Waals surface area contributed by atoms with Gasteiger partial charge in [0.2, 0.25) is 5.28 Å². The number of hydrogen-bond donors (Lipinski definition) is 2.